The smallest absolute Gasteiger partial charge is 0.251 e. The first-order valence-corrected chi connectivity index (χ1v) is 15.6. The molecule has 214 valence electrons. The van der Waals surface area contributed by atoms with Crippen LogP contribution in [-0.2, 0) is 6.42 Å². The highest BCUT2D eigenvalue weighted by atomic mass is 32.1. The minimum atomic E-state index is 0.551. The van der Waals surface area contributed by atoms with Gasteiger partial charge in [-0.1, -0.05) is 53.0 Å². The first-order chi connectivity index (χ1) is 20.6. The molecule has 0 bridgehead atoms. The molecule has 1 fully saturated rings. The molecule has 3 aromatic carbocycles. The van der Waals surface area contributed by atoms with E-state index in [4.69, 9.17) is 0 Å². The van der Waals surface area contributed by atoms with Gasteiger partial charge in [-0.15, -0.1) is 20.4 Å². The SMILES string of the molecule is Cc1cc(NNc2ccc(NNc3ccc(N4CCCC4)s3)cc2C)ccc1/N=N/c1nnc(Cc2ccccc2)s1. The van der Waals surface area contributed by atoms with E-state index in [-0.39, 0.29) is 0 Å². The molecule has 0 atom stereocenters. The quantitative estimate of drug-likeness (QED) is 0.0895. The summed E-state index contributed by atoms with van der Waals surface area (Å²) in [6, 6.07) is 26.7. The lowest BCUT2D eigenvalue weighted by Crippen LogP contribution is -2.15. The molecule has 1 saturated heterocycles. The van der Waals surface area contributed by atoms with Gasteiger partial charge in [0.1, 0.15) is 10.0 Å². The zero-order chi connectivity index (χ0) is 28.7. The molecule has 3 heterocycles. The van der Waals surface area contributed by atoms with Gasteiger partial charge in [-0.05, 0) is 91.9 Å². The van der Waals surface area contributed by atoms with E-state index in [9.17, 15) is 0 Å². The van der Waals surface area contributed by atoms with E-state index in [2.05, 4.69) is 90.4 Å². The molecule has 0 spiro atoms. The van der Waals surface area contributed by atoms with Gasteiger partial charge >= 0.3 is 0 Å². The molecule has 9 nitrogen and oxygen atoms in total. The predicted molar refractivity (Wildman–Crippen MR) is 176 cm³/mol. The maximum absolute atomic E-state index is 4.41. The van der Waals surface area contributed by atoms with Crippen molar-refractivity contribution in [2.45, 2.75) is 33.1 Å². The van der Waals surface area contributed by atoms with E-state index in [0.29, 0.717) is 5.13 Å². The Morgan fingerprint density at radius 3 is 2.29 bits per heavy atom. The number of aryl methyl sites for hydroxylation is 2. The van der Waals surface area contributed by atoms with Gasteiger partial charge in [-0.3, -0.25) is 5.43 Å². The number of hydrogen-bond donors (Lipinski definition) is 4. The summed E-state index contributed by atoms with van der Waals surface area (Å²) in [4.78, 5) is 2.45. The van der Waals surface area contributed by atoms with Gasteiger partial charge in [0.15, 0.2) is 0 Å². The number of nitrogens with zero attached hydrogens (tertiary/aromatic N) is 5. The topological polar surface area (TPSA) is 102 Å². The molecule has 0 amide bonds. The Hall–Kier alpha value is -4.48. The van der Waals surface area contributed by atoms with Crippen LogP contribution < -0.4 is 26.6 Å². The van der Waals surface area contributed by atoms with Gasteiger partial charge in [-0.25, -0.2) is 0 Å². The van der Waals surface area contributed by atoms with Crippen LogP contribution in [0.25, 0.3) is 0 Å². The minimum Gasteiger partial charge on any atom is -0.363 e. The maximum atomic E-state index is 4.41. The van der Waals surface area contributed by atoms with Gasteiger partial charge in [0, 0.05) is 19.5 Å². The molecule has 6 rings (SSSR count). The number of hydrogen-bond acceptors (Lipinski definition) is 11. The lowest BCUT2D eigenvalue weighted by Gasteiger charge is -2.15. The number of anilines is 5. The summed E-state index contributed by atoms with van der Waals surface area (Å²) in [7, 11) is 0. The van der Waals surface area contributed by atoms with Crippen LogP contribution in [0, 0.1) is 13.8 Å². The van der Waals surface area contributed by atoms with Crippen molar-refractivity contribution in [1.29, 1.82) is 0 Å². The minimum absolute atomic E-state index is 0.551. The molecule has 1 aliphatic heterocycles. The maximum Gasteiger partial charge on any atom is 0.251 e. The zero-order valence-electron chi connectivity index (χ0n) is 23.6. The molecule has 5 aromatic rings. The standard InChI is InChI=1S/C31H33N9S2/c1-21-19-25(33-36-28-14-15-30(41-28)40-16-6-7-17-40)11-12-26(21)34-32-24-10-13-27(22(2)18-24)35-38-31-39-37-29(42-31)20-23-8-4-3-5-9-23/h3-5,8-15,18-19,32-34,36H,6-7,16-17,20H2,1-2H3/b38-35+. The fourth-order valence-electron chi connectivity index (χ4n) is 4.73. The van der Waals surface area contributed by atoms with Crippen molar-refractivity contribution in [3.05, 3.63) is 101 Å². The Morgan fingerprint density at radius 2 is 1.50 bits per heavy atom. The van der Waals surface area contributed by atoms with Crippen LogP contribution >= 0.6 is 22.7 Å². The summed E-state index contributed by atoms with van der Waals surface area (Å²) in [5.41, 5.74) is 20.3. The van der Waals surface area contributed by atoms with E-state index in [1.54, 1.807) is 11.3 Å². The Kier molecular flexibility index (Phi) is 8.57. The second-order valence-electron chi connectivity index (χ2n) is 10.2. The van der Waals surface area contributed by atoms with Crippen LogP contribution in [0.2, 0.25) is 0 Å². The molecule has 0 saturated carbocycles. The second-order valence-corrected chi connectivity index (χ2v) is 12.3. The Morgan fingerprint density at radius 1 is 0.738 bits per heavy atom. The number of rotatable bonds is 11. The van der Waals surface area contributed by atoms with E-state index < -0.39 is 0 Å². The third-order valence-electron chi connectivity index (χ3n) is 7.00. The Labute approximate surface area is 253 Å². The number of nitrogens with one attached hydrogen (secondary N) is 4. The highest BCUT2D eigenvalue weighted by Crippen LogP contribution is 2.32. The predicted octanol–water partition coefficient (Wildman–Crippen LogP) is 8.70. The summed E-state index contributed by atoms with van der Waals surface area (Å²) in [5, 5.41) is 21.1. The number of azo groups is 1. The van der Waals surface area contributed by atoms with Crippen molar-refractivity contribution in [2.75, 3.05) is 39.7 Å². The summed E-state index contributed by atoms with van der Waals surface area (Å²) < 4.78 is 0. The summed E-state index contributed by atoms with van der Waals surface area (Å²) >= 11 is 3.24. The van der Waals surface area contributed by atoms with Gasteiger partial charge in [0.05, 0.1) is 27.8 Å². The van der Waals surface area contributed by atoms with E-state index >= 15 is 0 Å². The molecule has 0 aliphatic carbocycles. The molecule has 0 unspecified atom stereocenters. The number of aromatic nitrogens is 2. The van der Waals surface area contributed by atoms with Crippen LogP contribution in [0.3, 0.4) is 0 Å². The molecular formula is C31H33N9S2. The molecule has 2 aromatic heterocycles. The first-order valence-electron chi connectivity index (χ1n) is 14.0. The van der Waals surface area contributed by atoms with Crippen molar-refractivity contribution < 1.29 is 0 Å². The highest BCUT2D eigenvalue weighted by molar-refractivity contribution is 7.20. The number of thiophene rings is 1. The molecule has 4 N–H and O–H groups in total. The number of hydrazine groups is 2. The first kappa shape index (κ1) is 27.7. The highest BCUT2D eigenvalue weighted by Gasteiger charge is 2.14. The van der Waals surface area contributed by atoms with Crippen LogP contribution in [0.1, 0.15) is 34.5 Å². The lowest BCUT2D eigenvalue weighted by atomic mass is 10.2. The van der Waals surface area contributed by atoms with Crippen molar-refractivity contribution in [1.82, 2.24) is 10.2 Å². The van der Waals surface area contributed by atoms with E-state index in [1.807, 2.05) is 49.4 Å². The normalized spacial score (nSPS) is 13.0. The van der Waals surface area contributed by atoms with Crippen molar-refractivity contribution in [3.8, 4) is 0 Å². The summed E-state index contributed by atoms with van der Waals surface area (Å²) in [6.07, 6.45) is 3.31. The molecule has 42 heavy (non-hydrogen) atoms. The van der Waals surface area contributed by atoms with Crippen molar-refractivity contribution in [3.63, 3.8) is 0 Å². The van der Waals surface area contributed by atoms with Crippen LogP contribution in [-0.4, -0.2) is 23.3 Å². The molecule has 1 aliphatic rings. The third-order valence-corrected chi connectivity index (χ3v) is 8.87. The van der Waals surface area contributed by atoms with Gasteiger partial charge in [0.25, 0.3) is 5.13 Å². The average Bonchev–Trinajstić information content (AvgIpc) is 3.78. The van der Waals surface area contributed by atoms with Gasteiger partial charge < -0.3 is 21.2 Å². The largest absolute Gasteiger partial charge is 0.363 e. The van der Waals surface area contributed by atoms with E-state index in [1.165, 1.54) is 34.7 Å². The molecule has 11 heteroatoms. The number of benzene rings is 3. The summed E-state index contributed by atoms with van der Waals surface area (Å²) in [6.45, 7) is 6.41. The fraction of sp³-hybridized carbons (Fsp3) is 0.226. The molecular weight excluding hydrogens is 563 g/mol. The van der Waals surface area contributed by atoms with Crippen LogP contribution in [0.4, 0.5) is 37.9 Å². The van der Waals surface area contributed by atoms with Crippen LogP contribution in [0.5, 0.6) is 0 Å². The summed E-state index contributed by atoms with van der Waals surface area (Å²) in [5.74, 6) is 0. The zero-order valence-corrected chi connectivity index (χ0v) is 25.2. The van der Waals surface area contributed by atoms with Crippen molar-refractivity contribution in [2.24, 2.45) is 10.2 Å². The average molecular weight is 596 g/mol. The van der Waals surface area contributed by atoms with Crippen molar-refractivity contribution >= 4 is 60.6 Å². The second kappa shape index (κ2) is 13.0. The fourth-order valence-corrected chi connectivity index (χ4v) is 6.33. The van der Waals surface area contributed by atoms with Gasteiger partial charge in [0.2, 0.25) is 0 Å². The van der Waals surface area contributed by atoms with E-state index in [0.717, 1.165) is 63.4 Å². The Bertz CT molecular complexity index is 1660. The lowest BCUT2D eigenvalue weighted by molar-refractivity contribution is 0.949. The van der Waals surface area contributed by atoms with Gasteiger partial charge in [-0.2, -0.15) is 0 Å². The third kappa shape index (κ3) is 7.04. The Balaban J connectivity index is 1.00. The molecule has 0 radical (unpaired) electrons. The van der Waals surface area contributed by atoms with Crippen LogP contribution in [0.15, 0.2) is 89.1 Å². The monoisotopic (exact) mass is 595 g/mol.